The Morgan fingerprint density at radius 2 is 2.29 bits per heavy atom. The molecule has 1 aromatic carbocycles. The van der Waals surface area contributed by atoms with Gasteiger partial charge in [0.2, 0.25) is 5.91 Å². The highest BCUT2D eigenvalue weighted by Gasteiger charge is 2.30. The molecular formula is C12H13N3O2. The van der Waals surface area contributed by atoms with Crippen molar-refractivity contribution in [3.63, 3.8) is 0 Å². The van der Waals surface area contributed by atoms with Gasteiger partial charge >= 0.3 is 0 Å². The van der Waals surface area contributed by atoms with Crippen LogP contribution in [-0.2, 0) is 4.79 Å². The number of aliphatic imine (C=N–C) groups is 1. The van der Waals surface area contributed by atoms with Gasteiger partial charge < -0.3 is 15.7 Å². The van der Waals surface area contributed by atoms with Crippen LogP contribution in [0.25, 0.3) is 0 Å². The quantitative estimate of drug-likeness (QED) is 0.584. The number of rotatable bonds is 0. The number of hydrogen-bond acceptors (Lipinski definition) is 4. The summed E-state index contributed by atoms with van der Waals surface area (Å²) in [6.45, 7) is 1.46. The van der Waals surface area contributed by atoms with Crippen LogP contribution >= 0.6 is 0 Å². The Morgan fingerprint density at radius 1 is 1.41 bits per heavy atom. The van der Waals surface area contributed by atoms with Crippen molar-refractivity contribution in [2.45, 2.75) is 6.42 Å². The predicted molar refractivity (Wildman–Crippen MR) is 64.8 cm³/mol. The molecule has 5 nitrogen and oxygen atoms in total. The van der Waals surface area contributed by atoms with E-state index < -0.39 is 0 Å². The maximum absolute atomic E-state index is 12.0. The first-order valence-electron chi connectivity index (χ1n) is 5.66. The Kier molecular flexibility index (Phi) is 2.33. The van der Waals surface area contributed by atoms with E-state index in [4.69, 9.17) is 0 Å². The molecule has 0 radical (unpaired) electrons. The number of aromatic hydroxyl groups is 1. The number of fused-ring (bicyclic) bond motifs is 2. The van der Waals surface area contributed by atoms with Gasteiger partial charge in [-0.15, -0.1) is 0 Å². The molecule has 5 heteroatoms. The molecule has 1 atom stereocenters. The number of carbonyl (C=O) groups is 1. The summed E-state index contributed by atoms with van der Waals surface area (Å²) in [6.07, 6.45) is 0.768. The predicted octanol–water partition coefficient (Wildman–Crippen LogP) is 1.03. The fourth-order valence-corrected chi connectivity index (χ4v) is 2.25. The first kappa shape index (κ1) is 10.3. The molecule has 0 spiro atoms. The maximum Gasteiger partial charge on any atom is 0.233 e. The number of amides is 1. The van der Waals surface area contributed by atoms with Crippen LogP contribution < -0.4 is 10.6 Å². The number of anilines is 1. The average molecular weight is 231 g/mol. The Hall–Kier alpha value is -1.88. The lowest BCUT2D eigenvalue weighted by molar-refractivity contribution is -0.118. The highest BCUT2D eigenvalue weighted by molar-refractivity contribution is 6.14. The molecule has 1 fully saturated rings. The van der Waals surface area contributed by atoms with Gasteiger partial charge in [0.05, 0.1) is 17.3 Å². The van der Waals surface area contributed by atoms with Gasteiger partial charge in [0, 0.05) is 18.3 Å². The second kappa shape index (κ2) is 3.85. The Labute approximate surface area is 98.6 Å². The first-order valence-corrected chi connectivity index (χ1v) is 5.66. The number of piperidine rings is 1. The van der Waals surface area contributed by atoms with Crippen LogP contribution in [-0.4, -0.2) is 29.8 Å². The SMILES string of the molecule is O=C1Nc2ccc(O)cc2N=C2CNCCC12. The molecule has 0 saturated carbocycles. The molecule has 3 rings (SSSR count). The van der Waals surface area contributed by atoms with Crippen LogP contribution in [0.2, 0.25) is 0 Å². The van der Waals surface area contributed by atoms with Crippen molar-refractivity contribution < 1.29 is 9.90 Å². The molecule has 0 bridgehead atoms. The van der Waals surface area contributed by atoms with E-state index in [0.29, 0.717) is 17.9 Å². The molecule has 1 amide bonds. The van der Waals surface area contributed by atoms with E-state index >= 15 is 0 Å². The van der Waals surface area contributed by atoms with E-state index in [9.17, 15) is 9.90 Å². The van der Waals surface area contributed by atoms with Crippen molar-refractivity contribution in [1.29, 1.82) is 0 Å². The summed E-state index contributed by atoms with van der Waals surface area (Å²) in [5.41, 5.74) is 2.13. The van der Waals surface area contributed by atoms with Crippen LogP contribution in [0.15, 0.2) is 23.2 Å². The van der Waals surface area contributed by atoms with Gasteiger partial charge in [0.25, 0.3) is 0 Å². The summed E-state index contributed by atoms with van der Waals surface area (Å²) in [7, 11) is 0. The summed E-state index contributed by atoms with van der Waals surface area (Å²) >= 11 is 0. The summed E-state index contributed by atoms with van der Waals surface area (Å²) in [5, 5.41) is 15.5. The molecule has 0 aromatic heterocycles. The number of nitrogens with zero attached hydrogens (tertiary/aromatic N) is 1. The summed E-state index contributed by atoms with van der Waals surface area (Å²) in [5.74, 6) is 0.00468. The third-order valence-corrected chi connectivity index (χ3v) is 3.14. The standard InChI is InChI=1S/C12H13N3O2/c16-7-1-2-9-10(5-7)14-11-6-13-4-3-8(11)12(17)15-9/h1-2,5,8,13,16H,3-4,6H2,(H,15,17). The largest absolute Gasteiger partial charge is 0.508 e. The number of phenolic OH excluding ortho intramolecular Hbond substituents is 1. The smallest absolute Gasteiger partial charge is 0.233 e. The van der Waals surface area contributed by atoms with Gasteiger partial charge in [-0.3, -0.25) is 9.79 Å². The number of phenols is 1. The van der Waals surface area contributed by atoms with E-state index in [1.54, 1.807) is 18.2 Å². The lowest BCUT2D eigenvalue weighted by Crippen LogP contribution is -2.41. The van der Waals surface area contributed by atoms with E-state index in [1.807, 2.05) is 0 Å². The molecule has 1 aromatic rings. The minimum absolute atomic E-state index is 0.00492. The second-order valence-corrected chi connectivity index (χ2v) is 4.31. The third kappa shape index (κ3) is 1.78. The van der Waals surface area contributed by atoms with Crippen LogP contribution in [0.4, 0.5) is 11.4 Å². The number of benzene rings is 1. The molecule has 88 valence electrons. The number of hydrogen-bond donors (Lipinski definition) is 3. The van der Waals surface area contributed by atoms with Gasteiger partial charge in [0.1, 0.15) is 5.75 Å². The van der Waals surface area contributed by atoms with Crippen molar-refractivity contribution in [2.75, 3.05) is 18.4 Å². The maximum atomic E-state index is 12.0. The topological polar surface area (TPSA) is 73.7 Å². The molecule has 1 unspecified atom stereocenters. The van der Waals surface area contributed by atoms with E-state index in [1.165, 1.54) is 0 Å². The van der Waals surface area contributed by atoms with Crippen molar-refractivity contribution >= 4 is 23.0 Å². The van der Waals surface area contributed by atoms with Gasteiger partial charge in [-0.1, -0.05) is 0 Å². The van der Waals surface area contributed by atoms with Crippen LogP contribution in [0.3, 0.4) is 0 Å². The van der Waals surface area contributed by atoms with Crippen LogP contribution in [0.5, 0.6) is 5.75 Å². The molecule has 1 saturated heterocycles. The van der Waals surface area contributed by atoms with E-state index in [2.05, 4.69) is 15.6 Å². The lowest BCUT2D eigenvalue weighted by Gasteiger charge is -2.21. The number of carbonyl (C=O) groups excluding carboxylic acids is 1. The van der Waals surface area contributed by atoms with Gasteiger partial charge in [-0.25, -0.2) is 0 Å². The minimum atomic E-state index is -0.147. The van der Waals surface area contributed by atoms with E-state index in [-0.39, 0.29) is 17.6 Å². The van der Waals surface area contributed by atoms with Crippen molar-refractivity contribution in [2.24, 2.45) is 10.9 Å². The summed E-state index contributed by atoms with van der Waals surface area (Å²) < 4.78 is 0. The fourth-order valence-electron chi connectivity index (χ4n) is 2.25. The monoisotopic (exact) mass is 231 g/mol. The van der Waals surface area contributed by atoms with Crippen LogP contribution in [0, 0.1) is 5.92 Å². The summed E-state index contributed by atoms with van der Waals surface area (Å²) in [4.78, 5) is 16.5. The zero-order valence-electron chi connectivity index (χ0n) is 9.23. The summed E-state index contributed by atoms with van der Waals surface area (Å²) in [6, 6.07) is 4.80. The third-order valence-electron chi connectivity index (χ3n) is 3.14. The van der Waals surface area contributed by atoms with Crippen LogP contribution in [0.1, 0.15) is 6.42 Å². The molecule has 17 heavy (non-hydrogen) atoms. The lowest BCUT2D eigenvalue weighted by atomic mass is 9.95. The fraction of sp³-hybridized carbons (Fsp3) is 0.333. The zero-order chi connectivity index (χ0) is 11.8. The van der Waals surface area contributed by atoms with Gasteiger partial charge in [-0.05, 0) is 25.1 Å². The molecule has 3 N–H and O–H groups in total. The molecule has 2 heterocycles. The molecule has 2 aliphatic heterocycles. The Balaban J connectivity index is 2.09. The first-order chi connectivity index (χ1) is 8.24. The van der Waals surface area contributed by atoms with Gasteiger partial charge in [-0.2, -0.15) is 0 Å². The molecular weight excluding hydrogens is 218 g/mol. The highest BCUT2D eigenvalue weighted by Crippen LogP contribution is 2.33. The van der Waals surface area contributed by atoms with Crippen molar-refractivity contribution in [1.82, 2.24) is 5.32 Å². The van der Waals surface area contributed by atoms with Gasteiger partial charge in [0.15, 0.2) is 0 Å². The normalized spacial score (nSPS) is 22.9. The zero-order valence-corrected chi connectivity index (χ0v) is 9.23. The number of nitrogens with one attached hydrogen (secondary N) is 2. The Bertz CT molecular complexity index is 510. The molecule has 0 aliphatic carbocycles. The second-order valence-electron chi connectivity index (χ2n) is 4.31. The highest BCUT2D eigenvalue weighted by atomic mass is 16.3. The average Bonchev–Trinajstić information content (AvgIpc) is 2.46. The van der Waals surface area contributed by atoms with Crippen molar-refractivity contribution in [3.05, 3.63) is 18.2 Å². The van der Waals surface area contributed by atoms with E-state index in [0.717, 1.165) is 18.7 Å². The van der Waals surface area contributed by atoms with Crippen molar-refractivity contribution in [3.8, 4) is 5.75 Å². The Morgan fingerprint density at radius 3 is 3.18 bits per heavy atom. The minimum Gasteiger partial charge on any atom is -0.508 e. The molecule has 2 aliphatic rings.